The molecule has 4 aliphatic heterocycles. The summed E-state index contributed by atoms with van der Waals surface area (Å²) >= 11 is 0. The van der Waals surface area contributed by atoms with Crippen LogP contribution in [0.25, 0.3) is 110 Å². The molecule has 0 aliphatic carbocycles. The standard InChI is InChI=1S/C54H28B2N4/c1-2-13-29(14-3-1)57-41-24-7-6-17-32(41)36-27-40-53-46(52(36)57)35-20-12-23-39-51(35)60(53)54-47-44(58-42-25-8-4-15-30(42)33-18-10-21-37(49(33)58)55(39)47)28-45-48(54)56(40)38-22-11-19-34-31-16-5-9-26-43(31)59(45)50(34)38/h1-28H. The van der Waals surface area contributed by atoms with Crippen molar-refractivity contribution in [2.75, 3.05) is 0 Å². The number of para-hydroxylation sites is 7. The van der Waals surface area contributed by atoms with Crippen molar-refractivity contribution in [2.45, 2.75) is 0 Å². The molecular weight excluding hydrogens is 726 g/mol. The average molecular weight is 754 g/mol. The van der Waals surface area contributed by atoms with E-state index < -0.39 is 0 Å². The van der Waals surface area contributed by atoms with Crippen molar-refractivity contribution in [1.82, 2.24) is 18.3 Å². The molecule has 4 aromatic heterocycles. The largest absolute Gasteiger partial charge is 0.311 e. The van der Waals surface area contributed by atoms with Crippen molar-refractivity contribution in [2.24, 2.45) is 0 Å². The molecule has 9 aromatic carbocycles. The Bertz CT molecular complexity index is 4250. The molecule has 60 heavy (non-hydrogen) atoms. The number of benzene rings is 9. The number of hydrogen-bond acceptors (Lipinski definition) is 0. The Hall–Kier alpha value is -7.69. The molecule has 0 radical (unpaired) electrons. The maximum Gasteiger partial charge on any atom is 0.252 e. The maximum atomic E-state index is 2.75. The highest BCUT2D eigenvalue weighted by Crippen LogP contribution is 2.46. The molecule has 4 nitrogen and oxygen atoms in total. The first-order valence-corrected chi connectivity index (χ1v) is 21.2. The van der Waals surface area contributed by atoms with Gasteiger partial charge in [0.15, 0.2) is 0 Å². The van der Waals surface area contributed by atoms with E-state index >= 15 is 0 Å². The Kier molecular flexibility index (Phi) is 4.72. The van der Waals surface area contributed by atoms with E-state index in [1.807, 2.05) is 0 Å². The Morgan fingerprint density at radius 1 is 0.300 bits per heavy atom. The van der Waals surface area contributed by atoms with Gasteiger partial charge in [0.2, 0.25) is 0 Å². The van der Waals surface area contributed by atoms with Crippen LogP contribution in [0.15, 0.2) is 170 Å². The second-order valence-corrected chi connectivity index (χ2v) is 17.5. The summed E-state index contributed by atoms with van der Waals surface area (Å²) in [5, 5.41) is 10.6. The van der Waals surface area contributed by atoms with Crippen molar-refractivity contribution in [1.29, 1.82) is 0 Å². The zero-order valence-corrected chi connectivity index (χ0v) is 32.1. The second-order valence-electron chi connectivity index (χ2n) is 17.5. The van der Waals surface area contributed by atoms with E-state index in [2.05, 4.69) is 188 Å². The van der Waals surface area contributed by atoms with Gasteiger partial charge in [-0.3, -0.25) is 0 Å². The molecule has 0 atom stereocenters. The van der Waals surface area contributed by atoms with Crippen LogP contribution in [0.2, 0.25) is 0 Å². The Morgan fingerprint density at radius 2 is 0.767 bits per heavy atom. The number of fused-ring (bicyclic) bond motifs is 17. The van der Waals surface area contributed by atoms with Crippen molar-refractivity contribution < 1.29 is 0 Å². The third-order valence-corrected chi connectivity index (χ3v) is 15.1. The summed E-state index contributed by atoms with van der Waals surface area (Å²) in [5.41, 5.74) is 24.0. The molecule has 4 aliphatic rings. The Labute approximate surface area is 342 Å². The molecule has 0 spiro atoms. The third kappa shape index (κ3) is 2.96. The fourth-order valence-corrected chi connectivity index (χ4v) is 13.1. The monoisotopic (exact) mass is 754 g/mol. The number of rotatable bonds is 1. The fourth-order valence-electron chi connectivity index (χ4n) is 13.1. The summed E-state index contributed by atoms with van der Waals surface area (Å²) in [4.78, 5) is 0. The van der Waals surface area contributed by atoms with Gasteiger partial charge in [-0.25, -0.2) is 0 Å². The number of aromatic nitrogens is 4. The second kappa shape index (κ2) is 9.60. The highest BCUT2D eigenvalue weighted by Gasteiger charge is 2.49. The molecule has 8 heterocycles. The summed E-state index contributed by atoms with van der Waals surface area (Å²) in [6.07, 6.45) is 0. The average Bonchev–Trinajstić information content (AvgIpc) is 4.04. The quantitative estimate of drug-likeness (QED) is 0.150. The fraction of sp³-hybridized carbons (Fsp3) is 0. The van der Waals surface area contributed by atoms with E-state index in [9.17, 15) is 0 Å². The lowest BCUT2D eigenvalue weighted by Crippen LogP contribution is -2.66. The van der Waals surface area contributed by atoms with Crippen LogP contribution in [0.4, 0.5) is 0 Å². The lowest BCUT2D eigenvalue weighted by molar-refractivity contribution is 1.11. The van der Waals surface area contributed by atoms with Gasteiger partial charge in [-0.2, -0.15) is 0 Å². The first-order chi connectivity index (χ1) is 29.8. The zero-order chi connectivity index (χ0) is 38.3. The van der Waals surface area contributed by atoms with Crippen LogP contribution in [0.5, 0.6) is 0 Å². The minimum Gasteiger partial charge on any atom is -0.311 e. The van der Waals surface area contributed by atoms with Gasteiger partial charge < -0.3 is 18.3 Å². The van der Waals surface area contributed by atoms with Crippen LogP contribution >= 0.6 is 0 Å². The van der Waals surface area contributed by atoms with Crippen LogP contribution in [0, 0.1) is 0 Å². The molecule has 270 valence electrons. The highest BCUT2D eigenvalue weighted by molar-refractivity contribution is 7.04. The molecular formula is C54H28B2N4. The van der Waals surface area contributed by atoms with E-state index in [1.165, 1.54) is 143 Å². The van der Waals surface area contributed by atoms with Crippen LogP contribution in [-0.4, -0.2) is 31.7 Å². The highest BCUT2D eigenvalue weighted by atomic mass is 15.1. The lowest BCUT2D eigenvalue weighted by Gasteiger charge is -2.41. The van der Waals surface area contributed by atoms with Crippen molar-refractivity contribution >= 4 is 133 Å². The van der Waals surface area contributed by atoms with Gasteiger partial charge in [0.25, 0.3) is 13.4 Å². The van der Waals surface area contributed by atoms with Gasteiger partial charge in [-0.05, 0) is 69.2 Å². The van der Waals surface area contributed by atoms with Crippen LogP contribution in [0.3, 0.4) is 0 Å². The van der Waals surface area contributed by atoms with Crippen molar-refractivity contribution in [3.8, 4) is 22.7 Å². The van der Waals surface area contributed by atoms with Gasteiger partial charge in [0, 0.05) is 82.4 Å². The molecule has 0 bridgehead atoms. The maximum absolute atomic E-state index is 2.75. The zero-order valence-electron chi connectivity index (χ0n) is 32.1. The van der Waals surface area contributed by atoms with Crippen LogP contribution in [0.1, 0.15) is 0 Å². The number of nitrogens with zero attached hydrogens (tertiary/aromatic N) is 4. The summed E-state index contributed by atoms with van der Waals surface area (Å²) in [5.74, 6) is 0. The van der Waals surface area contributed by atoms with Crippen LogP contribution < -0.4 is 32.8 Å². The summed E-state index contributed by atoms with van der Waals surface area (Å²) in [6.45, 7) is 0.127. The molecule has 0 fully saturated rings. The summed E-state index contributed by atoms with van der Waals surface area (Å²) < 4.78 is 10.5. The smallest absolute Gasteiger partial charge is 0.252 e. The van der Waals surface area contributed by atoms with E-state index in [0.717, 1.165) is 0 Å². The topological polar surface area (TPSA) is 19.7 Å². The van der Waals surface area contributed by atoms with E-state index in [-0.39, 0.29) is 13.4 Å². The van der Waals surface area contributed by atoms with E-state index in [1.54, 1.807) is 0 Å². The molecule has 0 amide bonds. The first-order valence-electron chi connectivity index (χ1n) is 21.2. The first kappa shape index (κ1) is 29.5. The molecule has 17 rings (SSSR count). The number of hydrogen-bond donors (Lipinski definition) is 0. The Morgan fingerprint density at radius 3 is 1.37 bits per heavy atom. The minimum absolute atomic E-state index is 0.0455. The molecule has 0 unspecified atom stereocenters. The molecule has 0 N–H and O–H groups in total. The summed E-state index contributed by atoms with van der Waals surface area (Å²) in [7, 11) is 0. The van der Waals surface area contributed by atoms with Gasteiger partial charge in [-0.1, -0.05) is 133 Å². The van der Waals surface area contributed by atoms with Crippen LogP contribution in [-0.2, 0) is 0 Å². The van der Waals surface area contributed by atoms with Gasteiger partial charge in [0.1, 0.15) is 0 Å². The van der Waals surface area contributed by atoms with Gasteiger partial charge in [0.05, 0.1) is 27.6 Å². The normalized spacial score (nSPS) is 13.9. The third-order valence-electron chi connectivity index (χ3n) is 15.1. The van der Waals surface area contributed by atoms with Crippen molar-refractivity contribution in [3.05, 3.63) is 170 Å². The molecule has 0 saturated carbocycles. The van der Waals surface area contributed by atoms with Gasteiger partial charge in [-0.15, -0.1) is 0 Å². The lowest BCUT2D eigenvalue weighted by atomic mass is 9.30. The van der Waals surface area contributed by atoms with Crippen molar-refractivity contribution in [3.63, 3.8) is 0 Å². The SMILES string of the molecule is c1ccc(-n2c3ccccc3c3cc4c5c(c6cccc7c6n5-c5c6c(cc8c5B4c4cccc5c9ccccc9n-8c45)-n4c5ccccc5c5cccc(c54)B67)c32)cc1. The predicted octanol–water partition coefficient (Wildman–Crippen LogP) is 8.36. The van der Waals surface area contributed by atoms with E-state index in [4.69, 9.17) is 0 Å². The molecule has 6 heteroatoms. The minimum atomic E-state index is 0.0455. The van der Waals surface area contributed by atoms with E-state index in [0.29, 0.717) is 0 Å². The molecule has 13 aromatic rings. The van der Waals surface area contributed by atoms with Gasteiger partial charge >= 0.3 is 0 Å². The summed E-state index contributed by atoms with van der Waals surface area (Å²) in [6, 6.07) is 64.7. The predicted molar refractivity (Wildman–Crippen MR) is 253 cm³/mol. The molecule has 0 saturated heterocycles. The Balaban J connectivity index is 1.19.